The van der Waals surface area contributed by atoms with Crippen LogP contribution >= 0.6 is 0 Å². The molecule has 0 fully saturated rings. The van der Waals surface area contributed by atoms with E-state index in [4.69, 9.17) is 0 Å². The zero-order chi connectivity index (χ0) is 16.1. The summed E-state index contributed by atoms with van der Waals surface area (Å²) >= 11 is 0. The van der Waals surface area contributed by atoms with Crippen LogP contribution in [-0.2, 0) is 4.74 Å². The molecule has 0 saturated carbocycles. The third-order valence-corrected chi connectivity index (χ3v) is 2.86. The van der Waals surface area contributed by atoms with Crippen LogP contribution in [0.1, 0.15) is 10.4 Å². The Hall–Kier alpha value is -2.71. The number of carbonyl (C=O) groups is 2. The Morgan fingerprint density at radius 1 is 1.36 bits per heavy atom. The second-order valence-corrected chi connectivity index (χ2v) is 4.41. The maximum Gasteiger partial charge on any atom is 0.413 e. The predicted octanol–water partition coefficient (Wildman–Crippen LogP) is 1.78. The number of fused-ring (bicyclic) bond motifs is 1. The minimum absolute atomic E-state index is 0.157. The van der Waals surface area contributed by atoms with Gasteiger partial charge < -0.3 is 15.0 Å². The number of hydrogen-bond donors (Lipinski definition) is 3. The van der Waals surface area contributed by atoms with Crippen molar-refractivity contribution >= 4 is 29.0 Å². The molecule has 1 aromatic carbocycles. The molecule has 0 radical (unpaired) electrons. The summed E-state index contributed by atoms with van der Waals surface area (Å²) in [4.78, 5) is 29.8. The summed E-state index contributed by atoms with van der Waals surface area (Å²) in [7, 11) is 1.21. The van der Waals surface area contributed by atoms with Crippen molar-refractivity contribution in [2.45, 2.75) is 6.04 Å². The lowest BCUT2D eigenvalue weighted by Gasteiger charge is -2.11. The molecule has 0 unspecified atom stereocenters. The van der Waals surface area contributed by atoms with E-state index in [1.165, 1.54) is 19.2 Å². The summed E-state index contributed by atoms with van der Waals surface area (Å²) < 4.78 is 29.3. The number of nitrogens with one attached hydrogen (secondary N) is 3. The molecule has 0 atom stereocenters. The first kappa shape index (κ1) is 15.7. The molecule has 2 aromatic rings. The van der Waals surface area contributed by atoms with Crippen LogP contribution in [0.4, 0.5) is 19.5 Å². The fourth-order valence-corrected chi connectivity index (χ4v) is 1.74. The van der Waals surface area contributed by atoms with Gasteiger partial charge in [-0.15, -0.1) is 0 Å². The predicted molar refractivity (Wildman–Crippen MR) is 75.3 cm³/mol. The number of rotatable bonds is 5. The Bertz CT molecular complexity index is 685. The van der Waals surface area contributed by atoms with E-state index in [9.17, 15) is 18.4 Å². The van der Waals surface area contributed by atoms with Crippen LogP contribution in [0.15, 0.2) is 18.2 Å². The van der Waals surface area contributed by atoms with Crippen molar-refractivity contribution in [3.63, 3.8) is 0 Å². The molecule has 0 aliphatic carbocycles. The highest BCUT2D eigenvalue weighted by atomic mass is 19.1. The van der Waals surface area contributed by atoms with Gasteiger partial charge in [-0.05, 0) is 18.2 Å². The highest BCUT2D eigenvalue weighted by Crippen LogP contribution is 2.16. The lowest BCUT2D eigenvalue weighted by Crippen LogP contribution is -2.37. The highest BCUT2D eigenvalue weighted by Gasteiger charge is 2.15. The van der Waals surface area contributed by atoms with Gasteiger partial charge in [-0.25, -0.2) is 18.6 Å². The normalized spacial score (nSPS) is 10.7. The van der Waals surface area contributed by atoms with E-state index in [1.54, 1.807) is 6.07 Å². The molecule has 3 N–H and O–H groups in total. The van der Waals surface area contributed by atoms with E-state index in [0.717, 1.165) is 0 Å². The molecule has 22 heavy (non-hydrogen) atoms. The third-order valence-electron chi connectivity index (χ3n) is 2.86. The van der Waals surface area contributed by atoms with Crippen LogP contribution in [0.25, 0.3) is 11.0 Å². The van der Waals surface area contributed by atoms with E-state index in [2.05, 4.69) is 25.3 Å². The molecule has 1 aromatic heterocycles. The van der Waals surface area contributed by atoms with Crippen molar-refractivity contribution in [3.05, 3.63) is 23.8 Å². The minimum Gasteiger partial charge on any atom is -0.453 e. The summed E-state index contributed by atoms with van der Waals surface area (Å²) in [5.41, 5.74) is 1.21. The fraction of sp³-hybridized carbons (Fsp3) is 0.308. The largest absolute Gasteiger partial charge is 0.453 e. The summed E-state index contributed by atoms with van der Waals surface area (Å²) in [6.45, 7) is -1.97. The van der Waals surface area contributed by atoms with Crippen LogP contribution in [0, 0.1) is 0 Å². The van der Waals surface area contributed by atoms with Gasteiger partial charge in [0.2, 0.25) is 5.95 Å². The van der Waals surface area contributed by atoms with Crippen molar-refractivity contribution in [3.8, 4) is 0 Å². The van der Waals surface area contributed by atoms with Gasteiger partial charge in [-0.1, -0.05) is 0 Å². The maximum atomic E-state index is 12.4. The highest BCUT2D eigenvalue weighted by molar-refractivity contribution is 5.98. The lowest BCUT2D eigenvalue weighted by molar-refractivity contribution is 0.0922. The number of amides is 2. The van der Waals surface area contributed by atoms with Gasteiger partial charge in [0.05, 0.1) is 24.2 Å². The molecular formula is C13H14F2N4O3. The van der Waals surface area contributed by atoms with E-state index < -0.39 is 31.4 Å². The lowest BCUT2D eigenvalue weighted by atomic mass is 10.2. The Morgan fingerprint density at radius 2 is 2.09 bits per heavy atom. The first-order chi connectivity index (χ1) is 10.6. The van der Waals surface area contributed by atoms with E-state index in [1.807, 2.05) is 0 Å². The smallest absolute Gasteiger partial charge is 0.413 e. The zero-order valence-electron chi connectivity index (χ0n) is 11.7. The number of ether oxygens (including phenoxy) is 1. The molecule has 2 rings (SSSR count). The number of hydrogen-bond acceptors (Lipinski definition) is 4. The number of imidazole rings is 1. The summed E-state index contributed by atoms with van der Waals surface area (Å²) in [5, 5.41) is 4.59. The van der Waals surface area contributed by atoms with E-state index in [-0.39, 0.29) is 11.5 Å². The van der Waals surface area contributed by atoms with Gasteiger partial charge in [0.25, 0.3) is 5.91 Å². The average Bonchev–Trinajstić information content (AvgIpc) is 2.93. The second kappa shape index (κ2) is 6.83. The topological polar surface area (TPSA) is 96.1 Å². The van der Waals surface area contributed by atoms with Crippen molar-refractivity contribution < 1.29 is 23.1 Å². The number of H-pyrrole nitrogens is 1. The molecule has 0 bridgehead atoms. The summed E-state index contributed by atoms with van der Waals surface area (Å²) in [5.74, 6) is -0.441. The zero-order valence-corrected chi connectivity index (χ0v) is 11.7. The quantitative estimate of drug-likeness (QED) is 0.784. The first-order valence-corrected chi connectivity index (χ1v) is 6.35. The molecule has 0 saturated heterocycles. The van der Waals surface area contributed by atoms with Crippen molar-refractivity contribution in [2.24, 2.45) is 0 Å². The number of methoxy groups -OCH3 is 1. The Kier molecular flexibility index (Phi) is 4.87. The van der Waals surface area contributed by atoms with Gasteiger partial charge in [-0.2, -0.15) is 0 Å². The number of alkyl halides is 2. The number of aromatic nitrogens is 2. The molecular weight excluding hydrogens is 298 g/mol. The molecule has 0 aliphatic rings. The Labute approximate surface area is 124 Å². The number of carbonyl (C=O) groups excluding carboxylic acids is 2. The van der Waals surface area contributed by atoms with Crippen molar-refractivity contribution in [1.29, 1.82) is 0 Å². The minimum atomic E-state index is -1.17. The number of anilines is 1. The average molecular weight is 312 g/mol. The van der Waals surface area contributed by atoms with Gasteiger partial charge in [0.15, 0.2) is 0 Å². The molecule has 7 nitrogen and oxygen atoms in total. The third kappa shape index (κ3) is 3.48. The van der Waals surface area contributed by atoms with Gasteiger partial charge in [0.1, 0.15) is 13.3 Å². The number of nitrogens with zero attached hydrogens (tertiary/aromatic N) is 1. The monoisotopic (exact) mass is 312 g/mol. The maximum absolute atomic E-state index is 12.4. The van der Waals surface area contributed by atoms with Crippen LogP contribution < -0.4 is 10.6 Å². The Balaban J connectivity index is 2.19. The van der Waals surface area contributed by atoms with Gasteiger partial charge in [-0.3, -0.25) is 10.1 Å². The molecule has 0 aliphatic heterocycles. The molecule has 9 heteroatoms. The fourth-order valence-electron chi connectivity index (χ4n) is 1.74. The molecule has 2 amide bonds. The van der Waals surface area contributed by atoms with Gasteiger partial charge >= 0.3 is 6.09 Å². The number of halogens is 2. The van der Waals surface area contributed by atoms with Crippen LogP contribution in [0.2, 0.25) is 0 Å². The Morgan fingerprint density at radius 3 is 2.73 bits per heavy atom. The van der Waals surface area contributed by atoms with Crippen LogP contribution in [0.5, 0.6) is 0 Å². The van der Waals surface area contributed by atoms with E-state index in [0.29, 0.717) is 11.0 Å². The van der Waals surface area contributed by atoms with E-state index >= 15 is 0 Å². The SMILES string of the molecule is COC(=O)Nc1nc2ccc(C(=O)NC(CF)CF)cc2[nH]1. The second-order valence-electron chi connectivity index (χ2n) is 4.41. The van der Waals surface area contributed by atoms with Crippen LogP contribution in [0.3, 0.4) is 0 Å². The summed E-state index contributed by atoms with van der Waals surface area (Å²) in [6.07, 6.45) is -0.689. The van der Waals surface area contributed by atoms with Crippen molar-refractivity contribution in [1.82, 2.24) is 15.3 Å². The standard InChI is InChI=1S/C13H14F2N4O3/c1-22-13(21)19-12-17-9-3-2-7(4-10(9)18-12)11(20)16-8(5-14)6-15/h2-4,8H,5-6H2,1H3,(H,16,20)(H2,17,18,19,21). The summed E-state index contributed by atoms with van der Waals surface area (Å²) in [6, 6.07) is 3.31. The number of benzene rings is 1. The van der Waals surface area contributed by atoms with Crippen LogP contribution in [-0.4, -0.2) is 48.5 Å². The molecule has 118 valence electrons. The first-order valence-electron chi connectivity index (χ1n) is 6.35. The van der Waals surface area contributed by atoms with Crippen molar-refractivity contribution in [2.75, 3.05) is 25.8 Å². The molecule has 0 spiro atoms. The number of aromatic amines is 1. The molecule has 1 heterocycles. The van der Waals surface area contributed by atoms with Gasteiger partial charge in [0, 0.05) is 5.56 Å².